The fraction of sp³-hybridized carbons (Fsp3) is 0.389. The molecule has 2 aromatic heterocycles. The molecule has 0 radical (unpaired) electrons. The largest absolute Gasteiger partial charge is 0.354 e. The molecule has 6 N–H and O–H groups in total. The van der Waals surface area contributed by atoms with E-state index in [1.165, 1.54) is 0 Å². The summed E-state index contributed by atoms with van der Waals surface area (Å²) >= 11 is 0. The van der Waals surface area contributed by atoms with Crippen molar-refractivity contribution in [2.45, 2.75) is 65.5 Å². The van der Waals surface area contributed by atoms with Crippen molar-refractivity contribution >= 4 is 23.6 Å². The molecule has 0 bridgehead atoms. The maximum Gasteiger partial charge on any atom is 0.251 e. The molecule has 4 rings (SSSR count). The Bertz CT molecular complexity index is 1480. The molecule has 0 spiro atoms. The number of nitrogens with zero attached hydrogens (tertiary/aromatic N) is 2. The molecule has 0 saturated heterocycles. The molecule has 2 aromatic carbocycles. The van der Waals surface area contributed by atoms with Crippen LogP contribution in [0.2, 0.25) is 0 Å². The summed E-state index contributed by atoms with van der Waals surface area (Å²) in [7, 11) is 0. The van der Waals surface area contributed by atoms with Crippen LogP contribution in [0.25, 0.3) is 22.5 Å². The summed E-state index contributed by atoms with van der Waals surface area (Å²) in [5, 5.41) is 11.7. The van der Waals surface area contributed by atoms with Gasteiger partial charge in [0.2, 0.25) is 11.8 Å². The van der Waals surface area contributed by atoms with Crippen molar-refractivity contribution in [3.63, 3.8) is 0 Å². The number of H-pyrrole nitrogens is 2. The van der Waals surface area contributed by atoms with Gasteiger partial charge in [0, 0.05) is 24.2 Å². The van der Waals surface area contributed by atoms with Crippen LogP contribution in [0.15, 0.2) is 73.6 Å². The second-order valence-corrected chi connectivity index (χ2v) is 12.0. The van der Waals surface area contributed by atoms with Gasteiger partial charge in [-0.3, -0.25) is 19.2 Å². The minimum absolute atomic E-state index is 0.0700. The molecule has 12 nitrogen and oxygen atoms in total. The zero-order valence-corrected chi connectivity index (χ0v) is 28.0. The average molecular weight is 655 g/mol. The van der Waals surface area contributed by atoms with Crippen LogP contribution in [0, 0.1) is 11.8 Å². The van der Waals surface area contributed by atoms with Gasteiger partial charge in [0.15, 0.2) is 0 Å². The topological polar surface area (TPSA) is 174 Å². The van der Waals surface area contributed by atoms with E-state index in [1.807, 2.05) is 52.0 Å². The Morgan fingerprint density at radius 3 is 1.31 bits per heavy atom. The van der Waals surface area contributed by atoms with E-state index in [0.717, 1.165) is 22.5 Å². The second-order valence-electron chi connectivity index (χ2n) is 12.0. The number of aromatic nitrogens is 4. The third-order valence-corrected chi connectivity index (χ3v) is 8.68. The number of hydrogen-bond donors (Lipinski definition) is 6. The summed E-state index contributed by atoms with van der Waals surface area (Å²) in [5.41, 5.74) is 4.44. The maximum absolute atomic E-state index is 13.1. The highest BCUT2D eigenvalue weighted by atomic mass is 16.2. The molecule has 0 aliphatic carbocycles. The Labute approximate surface area is 281 Å². The van der Waals surface area contributed by atoms with Crippen molar-refractivity contribution in [3.05, 3.63) is 84.7 Å². The Morgan fingerprint density at radius 1 is 0.625 bits per heavy atom. The second kappa shape index (κ2) is 17.6. The van der Waals surface area contributed by atoms with Crippen LogP contribution < -0.4 is 21.3 Å². The van der Waals surface area contributed by atoms with Gasteiger partial charge in [-0.15, -0.1) is 0 Å². The lowest BCUT2D eigenvalue weighted by Crippen LogP contribution is -2.51. The molecule has 0 aliphatic rings. The van der Waals surface area contributed by atoms with E-state index in [9.17, 15) is 19.2 Å². The predicted octanol–water partition coefficient (Wildman–Crippen LogP) is 4.47. The Kier molecular flexibility index (Phi) is 13.1. The van der Waals surface area contributed by atoms with Crippen molar-refractivity contribution in [2.75, 3.05) is 13.1 Å². The molecule has 12 heteroatoms. The van der Waals surface area contributed by atoms with Crippen molar-refractivity contribution in [1.82, 2.24) is 41.2 Å². The monoisotopic (exact) mass is 654 g/mol. The number of carbonyl (C=O) groups is 4. The number of amides is 4. The number of rotatable bonds is 17. The number of carbonyl (C=O) groups excluding carboxylic acids is 4. The van der Waals surface area contributed by atoms with Gasteiger partial charge in [0.1, 0.15) is 12.1 Å². The number of nitrogens with one attached hydrogen (secondary N) is 6. The zero-order valence-electron chi connectivity index (χ0n) is 28.0. The van der Waals surface area contributed by atoms with E-state index in [1.54, 1.807) is 49.3 Å². The SMILES string of the molecule is CCC(C)[C@H](NC(=O)c1ccc(-c2cnc[nH]2)cc1)C(=O)NCCCCNC(=O)[C@@H](NC(=O)c1ccc(-c2cnc[nH]2)cc1)C(C)CC. The lowest BCUT2D eigenvalue weighted by atomic mass is 9.97. The Hall–Kier alpha value is -5.26. The maximum atomic E-state index is 13.1. The van der Waals surface area contributed by atoms with Gasteiger partial charge < -0.3 is 31.2 Å². The van der Waals surface area contributed by atoms with Gasteiger partial charge in [-0.2, -0.15) is 0 Å². The van der Waals surface area contributed by atoms with E-state index >= 15 is 0 Å². The smallest absolute Gasteiger partial charge is 0.251 e. The molecule has 0 saturated carbocycles. The summed E-state index contributed by atoms with van der Waals surface area (Å²) < 4.78 is 0. The van der Waals surface area contributed by atoms with E-state index in [0.29, 0.717) is 49.9 Å². The molecule has 4 amide bonds. The highest BCUT2D eigenvalue weighted by Crippen LogP contribution is 2.18. The van der Waals surface area contributed by atoms with Crippen molar-refractivity contribution in [3.8, 4) is 22.5 Å². The van der Waals surface area contributed by atoms with E-state index in [2.05, 4.69) is 41.2 Å². The highest BCUT2D eigenvalue weighted by Gasteiger charge is 2.27. The minimum atomic E-state index is -0.684. The number of benzene rings is 2. The summed E-state index contributed by atoms with van der Waals surface area (Å²) in [5.74, 6) is -1.26. The van der Waals surface area contributed by atoms with E-state index in [-0.39, 0.29) is 35.5 Å². The number of unbranched alkanes of at least 4 members (excludes halogenated alkanes) is 1. The predicted molar refractivity (Wildman–Crippen MR) is 185 cm³/mol. The lowest BCUT2D eigenvalue weighted by molar-refractivity contribution is -0.125. The van der Waals surface area contributed by atoms with E-state index in [4.69, 9.17) is 0 Å². The normalized spacial score (nSPS) is 13.5. The first-order valence-corrected chi connectivity index (χ1v) is 16.6. The molecule has 4 aromatic rings. The molecule has 4 atom stereocenters. The minimum Gasteiger partial charge on any atom is -0.354 e. The Morgan fingerprint density at radius 2 is 1.00 bits per heavy atom. The van der Waals surface area contributed by atoms with E-state index < -0.39 is 12.1 Å². The Balaban J connectivity index is 1.21. The molecule has 0 aliphatic heterocycles. The van der Waals surface area contributed by atoms with Gasteiger partial charge in [-0.25, -0.2) is 9.97 Å². The highest BCUT2D eigenvalue weighted by molar-refractivity contribution is 5.98. The fourth-order valence-electron chi connectivity index (χ4n) is 5.18. The average Bonchev–Trinajstić information content (AvgIpc) is 3.86. The summed E-state index contributed by atoms with van der Waals surface area (Å²) in [6.45, 7) is 8.63. The number of imidazole rings is 2. The molecule has 254 valence electrons. The fourth-order valence-corrected chi connectivity index (χ4v) is 5.18. The molecular weight excluding hydrogens is 608 g/mol. The number of hydrogen-bond acceptors (Lipinski definition) is 6. The van der Waals surface area contributed by atoms with Crippen molar-refractivity contribution < 1.29 is 19.2 Å². The van der Waals surface area contributed by atoms with Gasteiger partial charge >= 0.3 is 0 Å². The molecular formula is C36H46N8O4. The van der Waals surface area contributed by atoms with Gasteiger partial charge in [-0.1, -0.05) is 64.8 Å². The molecule has 48 heavy (non-hydrogen) atoms. The first-order valence-electron chi connectivity index (χ1n) is 16.6. The first-order chi connectivity index (χ1) is 23.2. The molecule has 0 fully saturated rings. The van der Waals surface area contributed by atoms with Crippen molar-refractivity contribution in [2.24, 2.45) is 11.8 Å². The molecule has 2 heterocycles. The third-order valence-electron chi connectivity index (χ3n) is 8.68. The van der Waals surface area contributed by atoms with Crippen LogP contribution in [0.4, 0.5) is 0 Å². The summed E-state index contributed by atoms with van der Waals surface area (Å²) in [4.78, 5) is 66.3. The van der Waals surface area contributed by atoms with Crippen LogP contribution in [-0.4, -0.2) is 68.7 Å². The van der Waals surface area contributed by atoms with Crippen molar-refractivity contribution in [1.29, 1.82) is 0 Å². The van der Waals surface area contributed by atoms with Crippen LogP contribution in [0.3, 0.4) is 0 Å². The van der Waals surface area contributed by atoms with Crippen LogP contribution in [0.1, 0.15) is 74.1 Å². The quantitative estimate of drug-likeness (QED) is 0.0917. The standard InChI is InChI=1S/C36H46N8O4/c1-5-23(3)31(43-33(45)27-13-9-25(10-14-27)29-19-37-21-41-29)35(47)39-17-7-8-18-40-36(48)32(24(4)6-2)44-34(46)28-15-11-26(12-16-28)30-20-38-22-42-30/h9-16,19-24,31-32H,5-8,17-18H2,1-4H3,(H,37,41)(H,38,42)(H,39,47)(H,40,48)(H,43,45)(H,44,46)/t23?,24?,31-,32-/m0/s1. The van der Waals surface area contributed by atoms with Crippen LogP contribution in [0.5, 0.6) is 0 Å². The summed E-state index contributed by atoms with van der Waals surface area (Å²) in [6, 6.07) is 12.9. The van der Waals surface area contributed by atoms with Gasteiger partial charge in [0.25, 0.3) is 11.8 Å². The van der Waals surface area contributed by atoms with Crippen LogP contribution in [-0.2, 0) is 9.59 Å². The first kappa shape index (κ1) is 35.6. The lowest BCUT2D eigenvalue weighted by Gasteiger charge is -2.24. The zero-order chi connectivity index (χ0) is 34.5. The third kappa shape index (κ3) is 9.63. The summed E-state index contributed by atoms with van der Waals surface area (Å²) in [6.07, 6.45) is 9.30. The van der Waals surface area contributed by atoms with Gasteiger partial charge in [0.05, 0.1) is 36.4 Å². The van der Waals surface area contributed by atoms with Crippen LogP contribution >= 0.6 is 0 Å². The van der Waals surface area contributed by atoms with Gasteiger partial charge in [-0.05, 0) is 60.1 Å². The number of aromatic amines is 2. The molecule has 2 unspecified atom stereocenters.